The van der Waals surface area contributed by atoms with E-state index < -0.39 is 28.3 Å². The van der Waals surface area contributed by atoms with Gasteiger partial charge in [-0.15, -0.1) is 0 Å². The summed E-state index contributed by atoms with van der Waals surface area (Å²) in [4.78, 5) is 13.4. The molecular weight excluding hydrogens is 276 g/mol. The van der Waals surface area contributed by atoms with Crippen molar-refractivity contribution in [2.24, 2.45) is 10.8 Å². The quantitative estimate of drug-likeness (QED) is 0.851. The first kappa shape index (κ1) is 16.7. The van der Waals surface area contributed by atoms with Gasteiger partial charge in [-0.25, -0.2) is 0 Å². The van der Waals surface area contributed by atoms with Crippen LogP contribution in [0, 0.1) is 10.8 Å². The molecule has 1 N–H and O–H groups in total. The van der Waals surface area contributed by atoms with Crippen LogP contribution < -0.4 is 0 Å². The second-order valence-electron chi connectivity index (χ2n) is 8.46. The SMILES string of the molecule is CC1(C)CC(C)(C)CC(O)(C(F)(F)C(=O)N2CCCC2)C1. The summed E-state index contributed by atoms with van der Waals surface area (Å²) >= 11 is 0. The summed E-state index contributed by atoms with van der Waals surface area (Å²) in [5.74, 6) is -4.91. The van der Waals surface area contributed by atoms with Gasteiger partial charge in [-0.1, -0.05) is 27.7 Å². The van der Waals surface area contributed by atoms with Crippen molar-refractivity contribution in [2.45, 2.75) is 71.3 Å². The minimum absolute atomic E-state index is 0.0456. The molecule has 0 atom stereocenters. The summed E-state index contributed by atoms with van der Waals surface area (Å²) in [6.07, 6.45) is 2.19. The fraction of sp³-hybridized carbons (Fsp3) is 0.938. The van der Waals surface area contributed by atoms with Crippen molar-refractivity contribution in [2.75, 3.05) is 13.1 Å². The monoisotopic (exact) mass is 303 g/mol. The largest absolute Gasteiger partial charge is 0.383 e. The molecule has 0 bridgehead atoms. The summed E-state index contributed by atoms with van der Waals surface area (Å²) < 4.78 is 29.6. The zero-order valence-corrected chi connectivity index (χ0v) is 13.5. The minimum atomic E-state index is -3.72. The van der Waals surface area contributed by atoms with Gasteiger partial charge in [0.2, 0.25) is 0 Å². The molecule has 2 rings (SSSR count). The molecule has 0 spiro atoms. The number of hydrogen-bond acceptors (Lipinski definition) is 2. The van der Waals surface area contributed by atoms with Gasteiger partial charge in [-0.3, -0.25) is 4.79 Å². The number of carbonyl (C=O) groups is 1. The van der Waals surface area contributed by atoms with Crippen LogP contribution in [0.2, 0.25) is 0 Å². The van der Waals surface area contributed by atoms with Crippen LogP contribution in [0.4, 0.5) is 8.78 Å². The van der Waals surface area contributed by atoms with E-state index in [1.54, 1.807) is 0 Å². The number of halogens is 2. The number of likely N-dealkylation sites (tertiary alicyclic amines) is 1. The van der Waals surface area contributed by atoms with Gasteiger partial charge in [-0.05, 0) is 42.9 Å². The molecule has 2 fully saturated rings. The van der Waals surface area contributed by atoms with E-state index >= 15 is 0 Å². The Morgan fingerprint density at radius 2 is 1.43 bits per heavy atom. The summed E-state index contributed by atoms with van der Waals surface area (Å²) in [7, 11) is 0. The molecule has 0 aromatic carbocycles. The molecule has 0 unspecified atom stereocenters. The molecule has 3 nitrogen and oxygen atoms in total. The molecule has 1 amide bonds. The van der Waals surface area contributed by atoms with Crippen molar-refractivity contribution in [1.82, 2.24) is 4.90 Å². The van der Waals surface area contributed by atoms with E-state index in [9.17, 15) is 18.7 Å². The maximum Gasteiger partial charge on any atom is 0.352 e. The topological polar surface area (TPSA) is 40.5 Å². The lowest BCUT2D eigenvalue weighted by Gasteiger charge is -2.51. The van der Waals surface area contributed by atoms with Crippen LogP contribution in [-0.4, -0.2) is 40.5 Å². The van der Waals surface area contributed by atoms with E-state index in [1.165, 1.54) is 4.90 Å². The highest BCUT2D eigenvalue weighted by atomic mass is 19.3. The number of nitrogens with zero attached hydrogens (tertiary/aromatic N) is 1. The zero-order valence-electron chi connectivity index (χ0n) is 13.5. The van der Waals surface area contributed by atoms with Crippen LogP contribution >= 0.6 is 0 Å². The molecule has 21 heavy (non-hydrogen) atoms. The first-order chi connectivity index (χ1) is 9.39. The highest BCUT2D eigenvalue weighted by molar-refractivity contribution is 5.85. The zero-order chi connectivity index (χ0) is 16.1. The van der Waals surface area contributed by atoms with E-state index in [-0.39, 0.29) is 12.8 Å². The highest BCUT2D eigenvalue weighted by Crippen LogP contribution is 2.55. The average molecular weight is 303 g/mol. The van der Waals surface area contributed by atoms with E-state index in [4.69, 9.17) is 0 Å². The number of hydrogen-bond donors (Lipinski definition) is 1. The van der Waals surface area contributed by atoms with Gasteiger partial charge >= 0.3 is 5.92 Å². The second kappa shape index (κ2) is 4.90. The van der Waals surface area contributed by atoms with Crippen LogP contribution in [0.25, 0.3) is 0 Å². The van der Waals surface area contributed by atoms with Crippen LogP contribution in [-0.2, 0) is 4.79 Å². The molecule has 0 aromatic heterocycles. The molecule has 1 saturated heterocycles. The second-order valence-corrected chi connectivity index (χ2v) is 8.46. The average Bonchev–Trinajstić information content (AvgIpc) is 2.75. The number of alkyl halides is 2. The Balaban J connectivity index is 2.29. The van der Waals surface area contributed by atoms with Crippen molar-refractivity contribution >= 4 is 5.91 Å². The predicted molar refractivity (Wildman–Crippen MR) is 77.1 cm³/mol. The standard InChI is InChI=1S/C16H27F2NO2/c1-13(2)9-14(3,4)11-15(21,10-13)16(17,18)12(20)19-7-5-6-8-19/h21H,5-11H2,1-4H3. The normalized spacial score (nSPS) is 27.7. The van der Waals surface area contributed by atoms with Gasteiger partial charge in [0.05, 0.1) is 0 Å². The van der Waals surface area contributed by atoms with Gasteiger partial charge in [0.15, 0.2) is 0 Å². The molecule has 1 heterocycles. The van der Waals surface area contributed by atoms with E-state index in [2.05, 4.69) is 0 Å². The third-order valence-electron chi connectivity index (χ3n) is 4.75. The lowest BCUT2D eigenvalue weighted by atomic mass is 9.58. The Kier molecular flexibility index (Phi) is 3.89. The van der Waals surface area contributed by atoms with Gasteiger partial charge in [0, 0.05) is 13.1 Å². The van der Waals surface area contributed by atoms with Crippen LogP contribution in [0.3, 0.4) is 0 Å². The summed E-state index contributed by atoms with van der Waals surface area (Å²) in [5, 5.41) is 10.7. The number of carbonyl (C=O) groups excluding carboxylic acids is 1. The van der Waals surface area contributed by atoms with Gasteiger partial charge < -0.3 is 10.0 Å². The fourth-order valence-electron chi connectivity index (χ4n) is 4.61. The lowest BCUT2D eigenvalue weighted by Crippen LogP contribution is -2.62. The van der Waals surface area contributed by atoms with E-state index in [0.717, 1.165) is 19.3 Å². The van der Waals surface area contributed by atoms with E-state index in [1.807, 2.05) is 27.7 Å². The highest BCUT2D eigenvalue weighted by Gasteiger charge is 2.64. The van der Waals surface area contributed by atoms with Crippen molar-refractivity contribution in [3.63, 3.8) is 0 Å². The minimum Gasteiger partial charge on any atom is -0.383 e. The van der Waals surface area contributed by atoms with Crippen molar-refractivity contribution in [3.8, 4) is 0 Å². The Morgan fingerprint density at radius 1 is 1.00 bits per heavy atom. The maximum atomic E-state index is 14.8. The Labute approximate surface area is 125 Å². The smallest absolute Gasteiger partial charge is 0.352 e. The summed E-state index contributed by atoms with van der Waals surface area (Å²) in [6.45, 7) is 8.28. The number of aliphatic hydroxyl groups is 1. The fourth-order valence-corrected chi connectivity index (χ4v) is 4.61. The van der Waals surface area contributed by atoms with Crippen molar-refractivity contribution in [3.05, 3.63) is 0 Å². The third-order valence-corrected chi connectivity index (χ3v) is 4.75. The van der Waals surface area contributed by atoms with Crippen LogP contribution in [0.5, 0.6) is 0 Å². The van der Waals surface area contributed by atoms with Gasteiger partial charge in [0.1, 0.15) is 5.60 Å². The lowest BCUT2D eigenvalue weighted by molar-refractivity contribution is -0.230. The van der Waals surface area contributed by atoms with Gasteiger partial charge in [0.25, 0.3) is 5.91 Å². The first-order valence-electron chi connectivity index (χ1n) is 7.78. The molecule has 5 heteroatoms. The number of amides is 1. The van der Waals surface area contributed by atoms with Crippen molar-refractivity contribution < 1.29 is 18.7 Å². The van der Waals surface area contributed by atoms with E-state index in [0.29, 0.717) is 13.1 Å². The Hall–Kier alpha value is -0.710. The third kappa shape index (κ3) is 3.08. The first-order valence-corrected chi connectivity index (χ1v) is 7.78. The van der Waals surface area contributed by atoms with Crippen LogP contribution in [0.1, 0.15) is 59.8 Å². The maximum absolute atomic E-state index is 14.8. The van der Waals surface area contributed by atoms with Crippen LogP contribution in [0.15, 0.2) is 0 Å². The summed E-state index contributed by atoms with van der Waals surface area (Å²) in [6, 6.07) is 0. The van der Waals surface area contributed by atoms with Crippen molar-refractivity contribution in [1.29, 1.82) is 0 Å². The summed E-state index contributed by atoms with van der Waals surface area (Å²) in [5.41, 5.74) is -3.08. The Morgan fingerprint density at radius 3 is 1.86 bits per heavy atom. The van der Waals surface area contributed by atoms with Gasteiger partial charge in [-0.2, -0.15) is 8.78 Å². The molecule has 1 aliphatic heterocycles. The molecular formula is C16H27F2NO2. The molecule has 1 aliphatic carbocycles. The number of rotatable bonds is 2. The molecule has 0 radical (unpaired) electrons. The molecule has 1 saturated carbocycles. The Bertz CT molecular complexity index is 410. The molecule has 122 valence electrons. The molecule has 0 aromatic rings. The molecule has 2 aliphatic rings. The predicted octanol–water partition coefficient (Wildman–Crippen LogP) is 3.21.